The van der Waals surface area contributed by atoms with E-state index in [-0.39, 0.29) is 5.91 Å². The van der Waals surface area contributed by atoms with Gasteiger partial charge in [0.2, 0.25) is 0 Å². The van der Waals surface area contributed by atoms with Crippen molar-refractivity contribution < 1.29 is 4.79 Å². The van der Waals surface area contributed by atoms with E-state index in [2.05, 4.69) is 9.56 Å². The number of nitrogens with zero attached hydrogens (tertiary/aromatic N) is 2. The molecule has 0 spiro atoms. The first-order valence-corrected chi connectivity index (χ1v) is 9.25. The zero-order chi connectivity index (χ0) is 16.4. The highest BCUT2D eigenvalue weighted by Crippen LogP contribution is 2.25. The summed E-state index contributed by atoms with van der Waals surface area (Å²) in [6.45, 7) is 4.82. The Labute approximate surface area is 147 Å². The number of thiazole rings is 1. The van der Waals surface area contributed by atoms with Crippen LogP contribution >= 0.6 is 34.3 Å². The van der Waals surface area contributed by atoms with Gasteiger partial charge in [-0.2, -0.15) is 4.99 Å². The molecule has 2 heterocycles. The van der Waals surface area contributed by atoms with Crippen molar-refractivity contribution in [3.63, 3.8) is 0 Å². The fourth-order valence-corrected chi connectivity index (χ4v) is 4.60. The molecule has 3 nitrogen and oxygen atoms in total. The van der Waals surface area contributed by atoms with E-state index in [9.17, 15) is 4.79 Å². The van der Waals surface area contributed by atoms with Crippen molar-refractivity contribution in [1.29, 1.82) is 0 Å². The number of hydrogen-bond donors (Lipinski definition) is 0. The Bertz CT molecular complexity index is 949. The van der Waals surface area contributed by atoms with E-state index in [1.807, 2.05) is 43.5 Å². The lowest BCUT2D eigenvalue weighted by atomic mass is 10.2. The Hall–Kier alpha value is -1.69. The number of rotatable bonds is 3. The lowest BCUT2D eigenvalue weighted by Crippen LogP contribution is -2.15. The van der Waals surface area contributed by atoms with Crippen LogP contribution in [0.25, 0.3) is 16.3 Å². The van der Waals surface area contributed by atoms with E-state index in [1.54, 1.807) is 17.4 Å². The van der Waals surface area contributed by atoms with Crippen molar-refractivity contribution >= 4 is 56.5 Å². The van der Waals surface area contributed by atoms with E-state index in [4.69, 9.17) is 11.6 Å². The molecule has 0 aliphatic heterocycles. The van der Waals surface area contributed by atoms with Crippen molar-refractivity contribution in [3.05, 3.63) is 56.0 Å². The highest BCUT2D eigenvalue weighted by atomic mass is 35.5. The minimum atomic E-state index is -0.254. The van der Waals surface area contributed by atoms with E-state index < -0.39 is 0 Å². The second-order valence-corrected chi connectivity index (χ2v) is 7.42. The van der Waals surface area contributed by atoms with Crippen LogP contribution in [0.4, 0.5) is 0 Å². The number of benzene rings is 1. The normalized spacial score (nSPS) is 12.6. The van der Waals surface area contributed by atoms with Gasteiger partial charge in [-0.25, -0.2) is 0 Å². The monoisotopic (exact) mass is 362 g/mol. The SMILES string of the molecule is CCn1c(=NC(=O)/C=C/c2cccs2)sc2cc(Cl)cc(C)c21. The molecule has 0 saturated carbocycles. The molecule has 118 valence electrons. The topological polar surface area (TPSA) is 34.4 Å². The Morgan fingerprint density at radius 1 is 1.43 bits per heavy atom. The van der Waals surface area contributed by atoms with Gasteiger partial charge in [0.15, 0.2) is 4.80 Å². The maximum Gasteiger partial charge on any atom is 0.272 e. The van der Waals surface area contributed by atoms with E-state index in [1.165, 1.54) is 17.4 Å². The second kappa shape index (κ2) is 6.83. The number of amides is 1. The molecule has 1 aromatic carbocycles. The molecule has 0 unspecified atom stereocenters. The fourth-order valence-electron chi connectivity index (χ4n) is 2.43. The van der Waals surface area contributed by atoms with Gasteiger partial charge in [-0.15, -0.1) is 11.3 Å². The van der Waals surface area contributed by atoms with Gasteiger partial charge in [0.05, 0.1) is 10.2 Å². The van der Waals surface area contributed by atoms with Crippen LogP contribution in [0.15, 0.2) is 40.7 Å². The maximum atomic E-state index is 12.1. The Morgan fingerprint density at radius 3 is 2.96 bits per heavy atom. The molecular weight excluding hydrogens is 348 g/mol. The van der Waals surface area contributed by atoms with Crippen molar-refractivity contribution in [2.45, 2.75) is 20.4 Å². The van der Waals surface area contributed by atoms with Gasteiger partial charge in [0, 0.05) is 22.5 Å². The van der Waals surface area contributed by atoms with Crippen molar-refractivity contribution in [3.8, 4) is 0 Å². The zero-order valence-corrected chi connectivity index (χ0v) is 15.1. The standard InChI is InChI=1S/C17H15ClN2OS2/c1-3-20-16-11(2)9-12(18)10-14(16)23-17(20)19-15(21)7-6-13-5-4-8-22-13/h4-10H,3H2,1-2H3/b7-6+,19-17?. The van der Waals surface area contributed by atoms with Gasteiger partial charge in [-0.3, -0.25) is 4.79 Å². The molecule has 1 amide bonds. The van der Waals surface area contributed by atoms with E-state index in [0.717, 1.165) is 27.2 Å². The van der Waals surface area contributed by atoms with Crippen LogP contribution in [0.3, 0.4) is 0 Å². The van der Waals surface area contributed by atoms with Crippen LogP contribution in [0.5, 0.6) is 0 Å². The van der Waals surface area contributed by atoms with Gasteiger partial charge < -0.3 is 4.57 Å². The molecule has 0 radical (unpaired) electrons. The Morgan fingerprint density at radius 2 is 2.26 bits per heavy atom. The van der Waals surface area contributed by atoms with Crippen molar-refractivity contribution in [2.75, 3.05) is 0 Å². The highest BCUT2D eigenvalue weighted by Gasteiger charge is 2.09. The first-order chi connectivity index (χ1) is 11.1. The van der Waals surface area contributed by atoms with Gasteiger partial charge in [-0.1, -0.05) is 29.0 Å². The number of fused-ring (bicyclic) bond motifs is 1. The molecule has 2 aromatic heterocycles. The molecule has 23 heavy (non-hydrogen) atoms. The number of halogens is 1. The number of aromatic nitrogens is 1. The van der Waals surface area contributed by atoms with Crippen molar-refractivity contribution in [1.82, 2.24) is 4.57 Å². The summed E-state index contributed by atoms with van der Waals surface area (Å²) in [5, 5.41) is 2.68. The molecule has 3 rings (SSSR count). The highest BCUT2D eigenvalue weighted by molar-refractivity contribution is 7.16. The lowest BCUT2D eigenvalue weighted by Gasteiger charge is -2.03. The van der Waals surface area contributed by atoms with Crippen LogP contribution in [0.2, 0.25) is 5.02 Å². The van der Waals surface area contributed by atoms with Crippen LogP contribution in [-0.2, 0) is 11.3 Å². The predicted molar refractivity (Wildman–Crippen MR) is 99.2 cm³/mol. The van der Waals surface area contributed by atoms with Crippen LogP contribution in [0.1, 0.15) is 17.4 Å². The number of aryl methyl sites for hydroxylation is 2. The summed E-state index contributed by atoms with van der Waals surface area (Å²) in [7, 11) is 0. The number of thiophene rings is 1. The molecule has 0 fully saturated rings. The Balaban J connectivity index is 2.05. The third-order valence-electron chi connectivity index (χ3n) is 3.39. The molecule has 0 aliphatic carbocycles. The first kappa shape index (κ1) is 16.2. The molecule has 0 bridgehead atoms. The van der Waals surface area contributed by atoms with Gasteiger partial charge in [-0.05, 0) is 49.1 Å². The smallest absolute Gasteiger partial charge is 0.272 e. The molecule has 0 atom stereocenters. The molecule has 0 N–H and O–H groups in total. The summed E-state index contributed by atoms with van der Waals surface area (Å²) < 4.78 is 3.10. The Kier molecular flexibility index (Phi) is 4.80. The number of hydrogen-bond acceptors (Lipinski definition) is 3. The number of carbonyl (C=O) groups excluding carboxylic acids is 1. The minimum absolute atomic E-state index is 0.254. The number of carbonyl (C=O) groups is 1. The van der Waals surface area contributed by atoms with E-state index in [0.29, 0.717) is 9.82 Å². The third-order valence-corrected chi connectivity index (χ3v) is 5.47. The van der Waals surface area contributed by atoms with Gasteiger partial charge in [0.25, 0.3) is 5.91 Å². The second-order valence-electron chi connectivity index (χ2n) is 5.00. The molecular formula is C17H15ClN2OS2. The summed E-state index contributed by atoms with van der Waals surface area (Å²) in [6, 6.07) is 7.78. The summed E-state index contributed by atoms with van der Waals surface area (Å²) in [5.41, 5.74) is 2.18. The lowest BCUT2D eigenvalue weighted by molar-refractivity contribution is -0.113. The molecule has 6 heteroatoms. The molecule has 0 aliphatic rings. The van der Waals surface area contributed by atoms with Crippen molar-refractivity contribution in [2.24, 2.45) is 4.99 Å². The van der Waals surface area contributed by atoms with Crippen LogP contribution in [-0.4, -0.2) is 10.5 Å². The average Bonchev–Trinajstić information content (AvgIpc) is 3.12. The largest absolute Gasteiger partial charge is 0.316 e. The fraction of sp³-hybridized carbons (Fsp3) is 0.176. The summed E-state index contributed by atoms with van der Waals surface area (Å²) >= 11 is 9.21. The minimum Gasteiger partial charge on any atom is -0.316 e. The zero-order valence-electron chi connectivity index (χ0n) is 12.7. The van der Waals surface area contributed by atoms with Gasteiger partial charge >= 0.3 is 0 Å². The predicted octanol–water partition coefficient (Wildman–Crippen LogP) is 4.89. The quantitative estimate of drug-likeness (QED) is 0.611. The third kappa shape index (κ3) is 3.47. The summed E-state index contributed by atoms with van der Waals surface area (Å²) in [6.07, 6.45) is 3.30. The summed E-state index contributed by atoms with van der Waals surface area (Å²) in [4.78, 5) is 18.1. The summed E-state index contributed by atoms with van der Waals surface area (Å²) in [5.74, 6) is -0.254. The van der Waals surface area contributed by atoms with Crippen LogP contribution in [0, 0.1) is 6.92 Å². The maximum absolute atomic E-state index is 12.1. The van der Waals surface area contributed by atoms with Gasteiger partial charge in [0.1, 0.15) is 0 Å². The molecule has 0 saturated heterocycles. The molecule has 3 aromatic rings. The first-order valence-electron chi connectivity index (χ1n) is 7.18. The van der Waals surface area contributed by atoms with E-state index >= 15 is 0 Å². The van der Waals surface area contributed by atoms with Crippen LogP contribution < -0.4 is 4.80 Å². The average molecular weight is 363 g/mol.